The van der Waals surface area contributed by atoms with Gasteiger partial charge in [0, 0.05) is 23.4 Å². The first-order chi connectivity index (χ1) is 9.95. The lowest BCUT2D eigenvalue weighted by atomic mass is 10.1. The fourth-order valence-corrected chi connectivity index (χ4v) is 1.91. The minimum atomic E-state index is -1.03. The zero-order chi connectivity index (χ0) is 15.4. The van der Waals surface area contributed by atoms with Crippen molar-refractivity contribution in [1.29, 1.82) is 0 Å². The van der Waals surface area contributed by atoms with Crippen LogP contribution in [0, 0.1) is 0 Å². The van der Waals surface area contributed by atoms with Crippen molar-refractivity contribution in [2.45, 2.75) is 13.0 Å². The van der Waals surface area contributed by atoms with E-state index in [0.717, 1.165) is 0 Å². The Hall–Kier alpha value is -2.89. The summed E-state index contributed by atoms with van der Waals surface area (Å²) in [5, 5.41) is 40.4. The second-order valence-corrected chi connectivity index (χ2v) is 4.58. The molecule has 5 N–H and O–H groups in total. The van der Waals surface area contributed by atoms with Crippen LogP contribution in [0.4, 0.5) is 5.69 Å². The summed E-state index contributed by atoms with van der Waals surface area (Å²) in [6, 6.07) is 8.73. The molecule has 0 aromatic heterocycles. The highest BCUT2D eigenvalue weighted by Crippen LogP contribution is 2.25. The molecule has 0 aliphatic heterocycles. The fraction of sp³-hybridized carbons (Fsp3) is 0.133. The number of phenols is 3. The molecule has 0 atom stereocenters. The minimum absolute atomic E-state index is 0.0434. The van der Waals surface area contributed by atoms with Gasteiger partial charge in [0.2, 0.25) is 0 Å². The van der Waals surface area contributed by atoms with Gasteiger partial charge in [0.05, 0.1) is 6.42 Å². The topological polar surface area (TPSA) is 110 Å². The maximum absolute atomic E-state index is 10.7. The molecular weight excluding hydrogens is 274 g/mol. The predicted octanol–water partition coefficient (Wildman–Crippen LogP) is 2.04. The fourth-order valence-electron chi connectivity index (χ4n) is 1.91. The Morgan fingerprint density at radius 2 is 1.62 bits per heavy atom. The maximum Gasteiger partial charge on any atom is 0.307 e. The van der Waals surface area contributed by atoms with E-state index in [-0.39, 0.29) is 30.2 Å². The Morgan fingerprint density at radius 1 is 0.952 bits per heavy atom. The number of hydrogen-bond acceptors (Lipinski definition) is 5. The van der Waals surface area contributed by atoms with Crippen molar-refractivity contribution in [2.24, 2.45) is 0 Å². The average molecular weight is 289 g/mol. The molecule has 2 aromatic rings. The Labute approximate surface area is 120 Å². The zero-order valence-corrected chi connectivity index (χ0v) is 11.1. The molecule has 0 bridgehead atoms. The zero-order valence-electron chi connectivity index (χ0n) is 11.1. The molecule has 0 saturated carbocycles. The van der Waals surface area contributed by atoms with Crippen molar-refractivity contribution in [3.05, 3.63) is 47.5 Å². The van der Waals surface area contributed by atoms with Crippen LogP contribution >= 0.6 is 0 Å². The molecule has 0 unspecified atom stereocenters. The Balaban J connectivity index is 2.13. The molecule has 6 nitrogen and oxygen atoms in total. The number of aliphatic carboxylic acids is 1. The third-order valence-electron chi connectivity index (χ3n) is 2.97. The van der Waals surface area contributed by atoms with Crippen LogP contribution in [-0.4, -0.2) is 26.4 Å². The summed E-state index contributed by atoms with van der Waals surface area (Å²) in [5.74, 6) is -1.03. The minimum Gasteiger partial charge on any atom is -0.508 e. The van der Waals surface area contributed by atoms with Crippen LogP contribution in [0.25, 0.3) is 0 Å². The number of anilines is 1. The second-order valence-electron chi connectivity index (χ2n) is 4.58. The lowest BCUT2D eigenvalue weighted by molar-refractivity contribution is -0.136. The van der Waals surface area contributed by atoms with E-state index in [1.165, 1.54) is 30.3 Å². The van der Waals surface area contributed by atoms with Gasteiger partial charge >= 0.3 is 5.97 Å². The highest BCUT2D eigenvalue weighted by Gasteiger charge is 2.08. The Morgan fingerprint density at radius 3 is 2.33 bits per heavy atom. The predicted molar refractivity (Wildman–Crippen MR) is 76.5 cm³/mol. The number of nitrogens with one attached hydrogen (secondary N) is 1. The second kappa shape index (κ2) is 6.04. The summed E-state index contributed by atoms with van der Waals surface area (Å²) in [5.41, 5.74) is 1.40. The van der Waals surface area contributed by atoms with E-state index in [2.05, 4.69) is 5.32 Å². The summed E-state index contributed by atoms with van der Waals surface area (Å²) >= 11 is 0. The molecule has 0 radical (unpaired) electrons. The number of hydrogen-bond donors (Lipinski definition) is 5. The van der Waals surface area contributed by atoms with E-state index in [4.69, 9.17) is 5.11 Å². The van der Waals surface area contributed by atoms with Crippen LogP contribution in [0.15, 0.2) is 36.4 Å². The van der Waals surface area contributed by atoms with Crippen LogP contribution in [0.5, 0.6) is 17.2 Å². The first kappa shape index (κ1) is 14.5. The average Bonchev–Trinajstić information content (AvgIpc) is 2.42. The standard InChI is InChI=1S/C15H15NO5/c17-12-2-4-14(19)10(6-12)8-16-11-1-3-13(18)9(5-11)7-15(20)21/h1-6,16-19H,7-8H2,(H,20,21). The van der Waals surface area contributed by atoms with Gasteiger partial charge in [-0.3, -0.25) is 4.79 Å². The molecule has 2 aromatic carbocycles. The molecule has 0 spiro atoms. The molecule has 0 amide bonds. The van der Waals surface area contributed by atoms with Gasteiger partial charge in [0.1, 0.15) is 17.2 Å². The van der Waals surface area contributed by atoms with E-state index in [1.54, 1.807) is 6.07 Å². The molecule has 6 heteroatoms. The van der Waals surface area contributed by atoms with Crippen molar-refractivity contribution in [1.82, 2.24) is 0 Å². The summed E-state index contributed by atoms with van der Waals surface area (Å²) in [6.07, 6.45) is -0.279. The quantitative estimate of drug-likeness (QED) is 0.539. The van der Waals surface area contributed by atoms with E-state index in [0.29, 0.717) is 16.8 Å². The maximum atomic E-state index is 10.7. The molecule has 0 heterocycles. The smallest absolute Gasteiger partial charge is 0.307 e. The van der Waals surface area contributed by atoms with E-state index in [1.807, 2.05) is 0 Å². The van der Waals surface area contributed by atoms with Crippen LogP contribution in [-0.2, 0) is 17.8 Å². The van der Waals surface area contributed by atoms with Gasteiger partial charge in [0.15, 0.2) is 0 Å². The van der Waals surface area contributed by atoms with Crippen LogP contribution in [0.1, 0.15) is 11.1 Å². The van der Waals surface area contributed by atoms with Gasteiger partial charge in [-0.05, 0) is 36.4 Å². The number of carbonyl (C=O) groups is 1. The summed E-state index contributed by atoms with van der Waals surface area (Å²) in [4.78, 5) is 10.7. The summed E-state index contributed by atoms with van der Waals surface area (Å²) < 4.78 is 0. The number of aromatic hydroxyl groups is 3. The molecule has 0 fully saturated rings. The van der Waals surface area contributed by atoms with Crippen molar-refractivity contribution in [3.63, 3.8) is 0 Å². The number of carboxylic acid groups (broad SMARTS) is 1. The van der Waals surface area contributed by atoms with Gasteiger partial charge in [-0.25, -0.2) is 0 Å². The third kappa shape index (κ3) is 3.79. The SMILES string of the molecule is O=C(O)Cc1cc(NCc2cc(O)ccc2O)ccc1O. The van der Waals surface area contributed by atoms with Gasteiger partial charge in [-0.2, -0.15) is 0 Å². The first-order valence-corrected chi connectivity index (χ1v) is 6.24. The van der Waals surface area contributed by atoms with Gasteiger partial charge in [-0.1, -0.05) is 0 Å². The number of phenolic OH excluding ortho intramolecular Hbond substituents is 3. The van der Waals surface area contributed by atoms with Gasteiger partial charge < -0.3 is 25.7 Å². The summed E-state index contributed by atoms with van der Waals surface area (Å²) in [7, 11) is 0. The van der Waals surface area contributed by atoms with Crippen molar-refractivity contribution >= 4 is 11.7 Å². The van der Waals surface area contributed by atoms with Gasteiger partial charge in [-0.15, -0.1) is 0 Å². The third-order valence-corrected chi connectivity index (χ3v) is 2.97. The molecule has 110 valence electrons. The van der Waals surface area contributed by atoms with Crippen molar-refractivity contribution < 1.29 is 25.2 Å². The number of rotatable bonds is 5. The van der Waals surface area contributed by atoms with Gasteiger partial charge in [0.25, 0.3) is 0 Å². The van der Waals surface area contributed by atoms with E-state index >= 15 is 0 Å². The molecule has 2 rings (SSSR count). The normalized spacial score (nSPS) is 10.3. The van der Waals surface area contributed by atoms with Crippen LogP contribution < -0.4 is 5.32 Å². The lowest BCUT2D eigenvalue weighted by Gasteiger charge is -2.10. The number of carboxylic acids is 1. The van der Waals surface area contributed by atoms with Crippen molar-refractivity contribution in [2.75, 3.05) is 5.32 Å². The Bertz CT molecular complexity index is 669. The molecule has 0 aliphatic carbocycles. The summed E-state index contributed by atoms with van der Waals surface area (Å²) in [6.45, 7) is 0.248. The first-order valence-electron chi connectivity index (χ1n) is 6.24. The molecular formula is C15H15NO5. The highest BCUT2D eigenvalue weighted by molar-refractivity contribution is 5.72. The van der Waals surface area contributed by atoms with Crippen LogP contribution in [0.2, 0.25) is 0 Å². The monoisotopic (exact) mass is 289 g/mol. The molecule has 21 heavy (non-hydrogen) atoms. The molecule has 0 saturated heterocycles. The Kier molecular flexibility index (Phi) is 4.18. The van der Waals surface area contributed by atoms with Crippen LogP contribution in [0.3, 0.4) is 0 Å². The molecule has 0 aliphatic rings. The lowest BCUT2D eigenvalue weighted by Crippen LogP contribution is -2.03. The van der Waals surface area contributed by atoms with E-state index in [9.17, 15) is 20.1 Å². The van der Waals surface area contributed by atoms with Crippen molar-refractivity contribution in [3.8, 4) is 17.2 Å². The largest absolute Gasteiger partial charge is 0.508 e. The number of benzene rings is 2. The van der Waals surface area contributed by atoms with E-state index < -0.39 is 5.97 Å². The highest BCUT2D eigenvalue weighted by atomic mass is 16.4.